The van der Waals surface area contributed by atoms with Crippen molar-refractivity contribution in [3.05, 3.63) is 84.6 Å². The molecule has 5 rings (SSSR count). The molecule has 3 heterocycles. The first kappa shape index (κ1) is 16.3. The molecule has 4 aromatic rings. The van der Waals surface area contributed by atoms with Crippen molar-refractivity contribution >= 4 is 10.9 Å². The van der Waals surface area contributed by atoms with Crippen LogP contribution in [0, 0.1) is 0 Å². The Bertz CT molecular complexity index is 1040. The second-order valence-corrected chi connectivity index (χ2v) is 7.76. The molecule has 0 aliphatic carbocycles. The average molecular weight is 358 g/mol. The minimum Gasteiger partial charge on any atom is -0.361 e. The third-order valence-corrected chi connectivity index (χ3v) is 6.22. The van der Waals surface area contributed by atoms with Crippen molar-refractivity contribution in [2.24, 2.45) is 0 Å². The molecule has 1 aliphatic heterocycles. The summed E-state index contributed by atoms with van der Waals surface area (Å²) in [7, 11) is 2.39. The van der Waals surface area contributed by atoms with Crippen molar-refractivity contribution in [2.75, 3.05) is 7.05 Å². The third-order valence-electron chi connectivity index (χ3n) is 6.22. The number of nitrogens with one attached hydrogen (secondary N) is 1. The maximum Gasteiger partial charge on any atom is 0.171 e. The highest BCUT2D eigenvalue weighted by molar-refractivity contribution is 5.83. The largest absolute Gasteiger partial charge is 0.361 e. The maximum atomic E-state index is 4.07. The standard InChI is InChI=1S/C22H24N5/c1-27(14-17-7-3-2-4-8-17)21(11-12-22(27)26-15-24-25-16-26)19-13-23-20-10-6-5-9-18(19)20/h2-10,13,15-16,21-23H,11-12,14H2,1H3/q+1/t21-,22?,27?/m1/s1. The van der Waals surface area contributed by atoms with Gasteiger partial charge in [-0.25, -0.2) is 0 Å². The summed E-state index contributed by atoms with van der Waals surface area (Å²) in [4.78, 5) is 3.47. The number of H-pyrrole nitrogens is 1. The Morgan fingerprint density at radius 2 is 1.74 bits per heavy atom. The summed E-state index contributed by atoms with van der Waals surface area (Å²) >= 11 is 0. The average Bonchev–Trinajstić information content (AvgIpc) is 3.41. The number of aromatic amines is 1. The highest BCUT2D eigenvalue weighted by Crippen LogP contribution is 2.49. The quantitative estimate of drug-likeness (QED) is 0.548. The molecule has 0 spiro atoms. The van der Waals surface area contributed by atoms with Crippen LogP contribution in [-0.4, -0.2) is 31.3 Å². The lowest BCUT2D eigenvalue weighted by atomic mass is 10.0. The van der Waals surface area contributed by atoms with Crippen molar-refractivity contribution in [1.29, 1.82) is 0 Å². The monoisotopic (exact) mass is 358 g/mol. The normalized spacial score (nSPS) is 25.2. The van der Waals surface area contributed by atoms with Crippen LogP contribution in [0.2, 0.25) is 0 Å². The molecule has 1 saturated heterocycles. The van der Waals surface area contributed by atoms with E-state index in [2.05, 4.69) is 87.6 Å². The van der Waals surface area contributed by atoms with Gasteiger partial charge < -0.3 is 4.98 Å². The van der Waals surface area contributed by atoms with E-state index in [1.807, 2.05) is 12.7 Å². The molecule has 0 radical (unpaired) electrons. The molecule has 5 nitrogen and oxygen atoms in total. The Labute approximate surface area is 158 Å². The highest BCUT2D eigenvalue weighted by atomic mass is 15.5. The topological polar surface area (TPSA) is 46.5 Å². The van der Waals surface area contributed by atoms with E-state index >= 15 is 0 Å². The number of rotatable bonds is 4. The zero-order valence-corrected chi connectivity index (χ0v) is 15.5. The highest BCUT2D eigenvalue weighted by Gasteiger charge is 2.48. The number of nitrogens with zero attached hydrogens (tertiary/aromatic N) is 4. The fraction of sp³-hybridized carbons (Fsp3) is 0.273. The van der Waals surface area contributed by atoms with Crippen molar-refractivity contribution < 1.29 is 4.48 Å². The van der Waals surface area contributed by atoms with Crippen LogP contribution in [0.15, 0.2) is 73.4 Å². The summed E-state index contributed by atoms with van der Waals surface area (Å²) in [5.41, 5.74) is 4.00. The third kappa shape index (κ3) is 2.66. The minimum atomic E-state index is 0.332. The van der Waals surface area contributed by atoms with E-state index in [0.29, 0.717) is 12.2 Å². The molecule has 2 aromatic carbocycles. The van der Waals surface area contributed by atoms with Gasteiger partial charge in [0.05, 0.1) is 7.05 Å². The second-order valence-electron chi connectivity index (χ2n) is 7.76. The molecular formula is C22H24N5+. The number of hydrogen-bond acceptors (Lipinski definition) is 2. The van der Waals surface area contributed by atoms with Crippen molar-refractivity contribution in [1.82, 2.24) is 19.7 Å². The summed E-state index contributed by atoms with van der Waals surface area (Å²) in [6.45, 7) is 0.980. The van der Waals surface area contributed by atoms with Gasteiger partial charge >= 0.3 is 0 Å². The van der Waals surface area contributed by atoms with Gasteiger partial charge in [0.1, 0.15) is 25.2 Å². The Morgan fingerprint density at radius 3 is 2.56 bits per heavy atom. The predicted octanol–water partition coefficient (Wildman–Crippen LogP) is 4.44. The van der Waals surface area contributed by atoms with Crippen LogP contribution in [0.1, 0.15) is 36.2 Å². The molecular weight excluding hydrogens is 334 g/mol. The molecule has 0 bridgehead atoms. The van der Waals surface area contributed by atoms with Gasteiger partial charge in [-0.15, -0.1) is 10.2 Å². The molecule has 3 atom stereocenters. The van der Waals surface area contributed by atoms with Crippen molar-refractivity contribution in [2.45, 2.75) is 31.6 Å². The Hall–Kier alpha value is -2.92. The van der Waals surface area contributed by atoms with Crippen LogP contribution >= 0.6 is 0 Å². The van der Waals surface area contributed by atoms with E-state index in [1.54, 1.807) is 0 Å². The number of benzene rings is 2. The molecule has 27 heavy (non-hydrogen) atoms. The van der Waals surface area contributed by atoms with Gasteiger partial charge in [0.2, 0.25) is 0 Å². The summed E-state index contributed by atoms with van der Waals surface area (Å²) in [6.07, 6.45) is 8.54. The molecule has 2 aromatic heterocycles. The first-order chi connectivity index (χ1) is 13.3. The molecule has 1 aliphatic rings. The van der Waals surface area contributed by atoms with Gasteiger partial charge in [0.25, 0.3) is 0 Å². The number of hydrogen-bond donors (Lipinski definition) is 1. The fourth-order valence-electron chi connectivity index (χ4n) is 4.96. The van der Waals surface area contributed by atoms with Crippen LogP contribution in [0.3, 0.4) is 0 Å². The van der Waals surface area contributed by atoms with E-state index < -0.39 is 0 Å². The lowest BCUT2D eigenvalue weighted by Crippen LogP contribution is -2.46. The summed E-state index contributed by atoms with van der Waals surface area (Å²) in [5, 5.41) is 9.49. The van der Waals surface area contributed by atoms with Crippen LogP contribution in [-0.2, 0) is 6.54 Å². The van der Waals surface area contributed by atoms with Crippen molar-refractivity contribution in [3.8, 4) is 0 Å². The van der Waals surface area contributed by atoms with Gasteiger partial charge in [-0.1, -0.05) is 48.5 Å². The molecule has 2 unspecified atom stereocenters. The zero-order chi connectivity index (χ0) is 18.3. The molecule has 1 fully saturated rings. The molecule has 1 N–H and O–H groups in total. The first-order valence-electron chi connectivity index (χ1n) is 9.54. The smallest absolute Gasteiger partial charge is 0.171 e. The van der Waals surface area contributed by atoms with Crippen LogP contribution in [0.4, 0.5) is 0 Å². The molecule has 0 saturated carbocycles. The summed E-state index contributed by atoms with van der Waals surface area (Å²) < 4.78 is 3.11. The van der Waals surface area contributed by atoms with Gasteiger partial charge in [0, 0.05) is 41.1 Å². The number of aromatic nitrogens is 4. The molecule has 5 heteroatoms. The van der Waals surface area contributed by atoms with Gasteiger partial charge in [0.15, 0.2) is 6.17 Å². The Morgan fingerprint density at radius 1 is 1.00 bits per heavy atom. The molecule has 0 amide bonds. The van der Waals surface area contributed by atoms with E-state index in [-0.39, 0.29) is 0 Å². The maximum absolute atomic E-state index is 4.07. The number of para-hydroxylation sites is 1. The van der Waals surface area contributed by atoms with Crippen LogP contribution in [0.25, 0.3) is 10.9 Å². The number of quaternary nitrogens is 1. The number of fused-ring (bicyclic) bond motifs is 1. The Kier molecular flexibility index (Phi) is 3.83. The predicted molar refractivity (Wildman–Crippen MR) is 106 cm³/mol. The van der Waals surface area contributed by atoms with Crippen molar-refractivity contribution in [3.63, 3.8) is 0 Å². The fourth-order valence-corrected chi connectivity index (χ4v) is 4.96. The van der Waals surface area contributed by atoms with E-state index in [9.17, 15) is 0 Å². The zero-order valence-electron chi connectivity index (χ0n) is 15.5. The lowest BCUT2D eigenvalue weighted by Gasteiger charge is -2.41. The van der Waals surface area contributed by atoms with Gasteiger partial charge in [-0.2, -0.15) is 0 Å². The Balaban J connectivity index is 1.61. The van der Waals surface area contributed by atoms with Crippen LogP contribution < -0.4 is 0 Å². The summed E-state index contributed by atoms with van der Waals surface area (Å²) in [6, 6.07) is 19.9. The number of likely N-dealkylation sites (tertiary alicyclic amines) is 1. The molecule has 136 valence electrons. The lowest BCUT2D eigenvalue weighted by molar-refractivity contribution is -0.975. The van der Waals surface area contributed by atoms with Gasteiger partial charge in [-0.3, -0.25) is 9.05 Å². The SMILES string of the molecule is C[N+]1(Cc2ccccc2)C(n2cnnc2)CC[C@@H]1c1c[nH]c2ccccc12. The van der Waals surface area contributed by atoms with E-state index in [0.717, 1.165) is 23.9 Å². The second kappa shape index (κ2) is 6.35. The summed E-state index contributed by atoms with van der Waals surface area (Å²) in [5.74, 6) is 0. The van der Waals surface area contributed by atoms with E-state index in [1.165, 1.54) is 22.0 Å². The minimum absolute atomic E-state index is 0.332. The van der Waals surface area contributed by atoms with Crippen LogP contribution in [0.5, 0.6) is 0 Å². The first-order valence-corrected chi connectivity index (χ1v) is 9.54. The van der Waals surface area contributed by atoms with E-state index in [4.69, 9.17) is 0 Å². The van der Waals surface area contributed by atoms with Gasteiger partial charge in [-0.05, 0) is 6.07 Å².